The lowest BCUT2D eigenvalue weighted by atomic mass is 9.97. The smallest absolute Gasteiger partial charge is 0.124 e. The number of nitrogens with two attached hydrogens (primary N) is 1. The third-order valence-electron chi connectivity index (χ3n) is 3.77. The van der Waals surface area contributed by atoms with E-state index in [1.54, 1.807) is 7.11 Å². The van der Waals surface area contributed by atoms with Gasteiger partial charge >= 0.3 is 0 Å². The number of aromatic nitrogens is 2. The first-order valence-corrected chi connectivity index (χ1v) is 6.37. The first-order chi connectivity index (χ1) is 9.01. The molecule has 4 heteroatoms. The van der Waals surface area contributed by atoms with Gasteiger partial charge in [-0.05, 0) is 43.5 Å². The van der Waals surface area contributed by atoms with Gasteiger partial charge in [0.15, 0.2) is 0 Å². The number of methoxy groups -OCH3 is 1. The van der Waals surface area contributed by atoms with Gasteiger partial charge in [-0.1, -0.05) is 0 Å². The molecule has 4 nitrogen and oxygen atoms in total. The van der Waals surface area contributed by atoms with Crippen molar-refractivity contribution in [3.05, 3.63) is 34.8 Å². The van der Waals surface area contributed by atoms with E-state index in [4.69, 9.17) is 10.5 Å². The maximum absolute atomic E-state index is 5.68. The summed E-state index contributed by atoms with van der Waals surface area (Å²) in [5.41, 5.74) is 11.5. The number of ether oxygens (including phenoxy) is 1. The van der Waals surface area contributed by atoms with Crippen LogP contribution in [0.3, 0.4) is 0 Å². The van der Waals surface area contributed by atoms with Gasteiger partial charge in [-0.3, -0.25) is 0 Å². The number of rotatable bonds is 3. The highest BCUT2D eigenvalue weighted by atomic mass is 16.5. The molecule has 102 valence electrons. The van der Waals surface area contributed by atoms with Crippen molar-refractivity contribution in [2.75, 3.05) is 7.11 Å². The molecule has 0 aliphatic carbocycles. The number of hydrogen-bond donors (Lipinski definition) is 1. The zero-order valence-corrected chi connectivity index (χ0v) is 12.2. The van der Waals surface area contributed by atoms with Gasteiger partial charge in [-0.15, -0.1) is 0 Å². The van der Waals surface area contributed by atoms with E-state index in [0.29, 0.717) is 6.54 Å². The van der Waals surface area contributed by atoms with Crippen LogP contribution in [0.25, 0.3) is 11.3 Å². The van der Waals surface area contributed by atoms with Crippen LogP contribution < -0.4 is 10.5 Å². The summed E-state index contributed by atoms with van der Waals surface area (Å²) in [5, 5.41) is 0. The molecule has 0 aliphatic heterocycles. The number of nitrogens with zero attached hydrogens (tertiary/aromatic N) is 2. The first kappa shape index (κ1) is 13.6. The third-order valence-corrected chi connectivity index (χ3v) is 3.77. The Balaban J connectivity index is 2.66. The molecule has 0 unspecified atom stereocenters. The van der Waals surface area contributed by atoms with Crippen LogP contribution in [0.5, 0.6) is 5.75 Å². The Morgan fingerprint density at radius 3 is 2.47 bits per heavy atom. The maximum Gasteiger partial charge on any atom is 0.124 e. The molecule has 1 aromatic heterocycles. The molecule has 0 spiro atoms. The molecule has 2 aromatic rings. The van der Waals surface area contributed by atoms with Crippen molar-refractivity contribution in [1.29, 1.82) is 0 Å². The summed E-state index contributed by atoms with van der Waals surface area (Å²) in [5.74, 6) is 1.85. The van der Waals surface area contributed by atoms with Crippen molar-refractivity contribution >= 4 is 0 Å². The number of aryl methyl sites for hydroxylation is 1. The van der Waals surface area contributed by atoms with Crippen molar-refractivity contribution in [3.8, 4) is 17.0 Å². The Morgan fingerprint density at radius 1 is 1.26 bits per heavy atom. The molecule has 2 N–H and O–H groups in total. The molecular weight excluding hydrogens is 238 g/mol. The molecule has 0 aliphatic rings. The second-order valence-electron chi connectivity index (χ2n) is 4.85. The second kappa shape index (κ2) is 5.05. The lowest BCUT2D eigenvalue weighted by molar-refractivity contribution is 0.408. The lowest BCUT2D eigenvalue weighted by Crippen LogP contribution is -2.06. The van der Waals surface area contributed by atoms with Crippen LogP contribution in [0, 0.1) is 20.8 Å². The first-order valence-electron chi connectivity index (χ1n) is 6.37. The van der Waals surface area contributed by atoms with E-state index in [-0.39, 0.29) is 0 Å². The van der Waals surface area contributed by atoms with Gasteiger partial charge in [0.2, 0.25) is 0 Å². The van der Waals surface area contributed by atoms with Gasteiger partial charge in [0, 0.05) is 12.6 Å². The largest absolute Gasteiger partial charge is 0.496 e. The van der Waals surface area contributed by atoms with Crippen molar-refractivity contribution in [1.82, 2.24) is 9.55 Å². The molecule has 1 heterocycles. The highest BCUT2D eigenvalue weighted by Crippen LogP contribution is 2.34. The zero-order chi connectivity index (χ0) is 14.2. The molecule has 0 saturated heterocycles. The number of imidazole rings is 1. The van der Waals surface area contributed by atoms with Crippen molar-refractivity contribution < 1.29 is 4.74 Å². The molecular formula is C15H21N3O. The summed E-state index contributed by atoms with van der Waals surface area (Å²) < 4.78 is 7.51. The SMILES string of the molecule is COc1c(C)cc(-c2cnc(CN)n2C)c(C)c1C. The van der Waals surface area contributed by atoms with Crippen LogP contribution >= 0.6 is 0 Å². The summed E-state index contributed by atoms with van der Waals surface area (Å²) in [6, 6.07) is 2.15. The molecule has 19 heavy (non-hydrogen) atoms. The monoisotopic (exact) mass is 259 g/mol. The average molecular weight is 259 g/mol. The molecule has 0 saturated carbocycles. The van der Waals surface area contributed by atoms with Gasteiger partial charge in [-0.2, -0.15) is 0 Å². The predicted molar refractivity (Wildman–Crippen MR) is 77.3 cm³/mol. The van der Waals surface area contributed by atoms with Crippen molar-refractivity contribution in [2.24, 2.45) is 12.8 Å². The standard InChI is InChI=1S/C15H21N3O/c1-9-6-12(10(2)11(3)15(9)19-5)13-8-17-14(7-16)18(13)4/h6,8H,7,16H2,1-5H3. The Labute approximate surface area is 114 Å². The quantitative estimate of drug-likeness (QED) is 0.921. The summed E-state index contributed by atoms with van der Waals surface area (Å²) in [4.78, 5) is 4.36. The second-order valence-corrected chi connectivity index (χ2v) is 4.85. The van der Waals surface area contributed by atoms with Gasteiger partial charge in [-0.25, -0.2) is 4.98 Å². The summed E-state index contributed by atoms with van der Waals surface area (Å²) >= 11 is 0. The normalized spacial score (nSPS) is 10.8. The molecule has 0 radical (unpaired) electrons. The van der Waals surface area contributed by atoms with Gasteiger partial charge in [0.25, 0.3) is 0 Å². The third kappa shape index (κ3) is 2.12. The van der Waals surface area contributed by atoms with Gasteiger partial charge < -0.3 is 15.0 Å². The molecule has 2 rings (SSSR count). The Morgan fingerprint density at radius 2 is 1.95 bits per heavy atom. The van der Waals surface area contributed by atoms with Crippen LogP contribution in [0.15, 0.2) is 12.3 Å². The van der Waals surface area contributed by atoms with Crippen LogP contribution in [-0.2, 0) is 13.6 Å². The lowest BCUT2D eigenvalue weighted by Gasteiger charge is -2.16. The average Bonchev–Trinajstić information content (AvgIpc) is 2.75. The summed E-state index contributed by atoms with van der Waals surface area (Å²) in [6.07, 6.45) is 1.88. The highest BCUT2D eigenvalue weighted by molar-refractivity contribution is 5.69. The van der Waals surface area contributed by atoms with Crippen LogP contribution in [0.1, 0.15) is 22.5 Å². The zero-order valence-electron chi connectivity index (χ0n) is 12.2. The predicted octanol–water partition coefficient (Wildman–Crippen LogP) is 2.48. The van der Waals surface area contributed by atoms with Crippen LogP contribution in [0.4, 0.5) is 0 Å². The topological polar surface area (TPSA) is 53.1 Å². The van der Waals surface area contributed by atoms with Crippen LogP contribution in [0.2, 0.25) is 0 Å². The highest BCUT2D eigenvalue weighted by Gasteiger charge is 2.15. The summed E-state index contributed by atoms with van der Waals surface area (Å²) in [6.45, 7) is 6.71. The maximum atomic E-state index is 5.68. The van der Waals surface area contributed by atoms with E-state index in [2.05, 4.69) is 31.8 Å². The van der Waals surface area contributed by atoms with Gasteiger partial charge in [0.05, 0.1) is 25.5 Å². The van der Waals surface area contributed by atoms with Crippen LogP contribution in [-0.4, -0.2) is 16.7 Å². The minimum atomic E-state index is 0.448. The molecule has 0 fully saturated rings. The fourth-order valence-corrected chi connectivity index (χ4v) is 2.53. The molecule has 0 atom stereocenters. The van der Waals surface area contributed by atoms with Gasteiger partial charge in [0.1, 0.15) is 11.6 Å². The Kier molecular flexibility index (Phi) is 3.62. The number of hydrogen-bond acceptors (Lipinski definition) is 3. The minimum absolute atomic E-state index is 0.448. The fourth-order valence-electron chi connectivity index (χ4n) is 2.53. The number of benzene rings is 1. The van der Waals surface area contributed by atoms with E-state index < -0.39 is 0 Å². The van der Waals surface area contributed by atoms with Crippen molar-refractivity contribution in [3.63, 3.8) is 0 Å². The summed E-state index contributed by atoms with van der Waals surface area (Å²) in [7, 11) is 3.71. The van der Waals surface area contributed by atoms with E-state index in [9.17, 15) is 0 Å². The minimum Gasteiger partial charge on any atom is -0.496 e. The van der Waals surface area contributed by atoms with E-state index in [0.717, 1.165) is 22.8 Å². The van der Waals surface area contributed by atoms with Crippen molar-refractivity contribution in [2.45, 2.75) is 27.3 Å². The Hall–Kier alpha value is -1.81. The van der Waals surface area contributed by atoms with E-state index in [1.807, 2.05) is 17.8 Å². The molecule has 0 amide bonds. The molecule has 0 bridgehead atoms. The fraction of sp³-hybridized carbons (Fsp3) is 0.400. The van der Waals surface area contributed by atoms with E-state index in [1.165, 1.54) is 16.7 Å². The Bertz CT molecular complexity index is 614. The molecule has 1 aromatic carbocycles. The van der Waals surface area contributed by atoms with E-state index >= 15 is 0 Å².